The number of ether oxygens (including phenoxy) is 1. The summed E-state index contributed by atoms with van der Waals surface area (Å²) in [5, 5.41) is 3.31. The molecule has 70 valence electrons. The van der Waals surface area contributed by atoms with Crippen LogP contribution in [0.5, 0.6) is 0 Å². The molecule has 1 fully saturated rings. The summed E-state index contributed by atoms with van der Waals surface area (Å²) in [5.41, 5.74) is 0. The predicted molar refractivity (Wildman–Crippen MR) is 47.1 cm³/mol. The van der Waals surface area contributed by atoms with E-state index in [0.29, 0.717) is 6.42 Å². The van der Waals surface area contributed by atoms with Crippen molar-refractivity contribution in [3.05, 3.63) is 0 Å². The maximum atomic E-state index is 10.9. The van der Waals surface area contributed by atoms with Gasteiger partial charge in [0.05, 0.1) is 6.10 Å². The summed E-state index contributed by atoms with van der Waals surface area (Å²) in [6, 6.07) is 0.237. The highest BCUT2D eigenvalue weighted by molar-refractivity contribution is 5.76. The largest absolute Gasteiger partial charge is 0.380 e. The third-order valence-electron chi connectivity index (χ3n) is 2.33. The second-order valence-corrected chi connectivity index (χ2v) is 3.38. The van der Waals surface area contributed by atoms with Gasteiger partial charge in [0.1, 0.15) is 5.78 Å². The van der Waals surface area contributed by atoms with Crippen LogP contribution >= 0.6 is 0 Å². The summed E-state index contributed by atoms with van der Waals surface area (Å²) in [7, 11) is 1.71. The lowest BCUT2D eigenvalue weighted by molar-refractivity contribution is -0.118. The summed E-state index contributed by atoms with van der Waals surface area (Å²) >= 11 is 0. The third-order valence-corrected chi connectivity index (χ3v) is 2.33. The molecule has 1 heterocycles. The van der Waals surface area contributed by atoms with Crippen molar-refractivity contribution in [2.24, 2.45) is 0 Å². The van der Waals surface area contributed by atoms with Crippen molar-refractivity contribution in [1.29, 1.82) is 0 Å². The summed E-state index contributed by atoms with van der Waals surface area (Å²) in [6.07, 6.45) is 3.04. The zero-order chi connectivity index (χ0) is 8.97. The van der Waals surface area contributed by atoms with Crippen LogP contribution in [0.1, 0.15) is 26.2 Å². The fourth-order valence-corrected chi connectivity index (χ4v) is 1.72. The van der Waals surface area contributed by atoms with Gasteiger partial charge in [-0.1, -0.05) is 0 Å². The van der Waals surface area contributed by atoms with Gasteiger partial charge in [-0.3, -0.25) is 4.79 Å². The van der Waals surface area contributed by atoms with E-state index in [1.54, 1.807) is 14.0 Å². The van der Waals surface area contributed by atoms with Crippen LogP contribution < -0.4 is 5.32 Å². The molecule has 0 amide bonds. The first-order valence-electron chi connectivity index (χ1n) is 4.49. The van der Waals surface area contributed by atoms with E-state index in [1.165, 1.54) is 0 Å². The summed E-state index contributed by atoms with van der Waals surface area (Å²) in [6.45, 7) is 2.64. The van der Waals surface area contributed by atoms with Crippen LogP contribution in [0, 0.1) is 0 Å². The quantitative estimate of drug-likeness (QED) is 0.680. The molecule has 2 unspecified atom stereocenters. The Hall–Kier alpha value is -0.410. The second-order valence-electron chi connectivity index (χ2n) is 3.38. The Morgan fingerprint density at radius 1 is 1.67 bits per heavy atom. The van der Waals surface area contributed by atoms with Crippen LogP contribution in [-0.4, -0.2) is 31.6 Å². The van der Waals surface area contributed by atoms with Crippen LogP contribution in [0.15, 0.2) is 0 Å². The van der Waals surface area contributed by atoms with Gasteiger partial charge in [-0.05, 0) is 26.3 Å². The number of piperidine rings is 1. The van der Waals surface area contributed by atoms with E-state index in [2.05, 4.69) is 5.32 Å². The number of methoxy groups -OCH3 is 1. The minimum absolute atomic E-state index is 0.225. The lowest BCUT2D eigenvalue weighted by Crippen LogP contribution is -2.46. The average Bonchev–Trinajstić information content (AvgIpc) is 2.04. The van der Waals surface area contributed by atoms with E-state index in [4.69, 9.17) is 4.74 Å². The fraction of sp³-hybridized carbons (Fsp3) is 0.889. The summed E-state index contributed by atoms with van der Waals surface area (Å²) < 4.78 is 5.29. The molecule has 0 aromatic heterocycles. The van der Waals surface area contributed by atoms with Gasteiger partial charge in [0, 0.05) is 19.6 Å². The zero-order valence-corrected chi connectivity index (χ0v) is 7.80. The molecule has 0 aromatic carbocycles. The van der Waals surface area contributed by atoms with Crippen LogP contribution in [0.4, 0.5) is 0 Å². The molecule has 1 aliphatic heterocycles. The van der Waals surface area contributed by atoms with Crippen molar-refractivity contribution < 1.29 is 9.53 Å². The first-order chi connectivity index (χ1) is 5.74. The van der Waals surface area contributed by atoms with Crippen LogP contribution in [-0.2, 0) is 9.53 Å². The highest BCUT2D eigenvalue weighted by atomic mass is 16.5. The second kappa shape index (κ2) is 4.58. The van der Waals surface area contributed by atoms with Gasteiger partial charge in [-0.15, -0.1) is 0 Å². The van der Waals surface area contributed by atoms with Crippen molar-refractivity contribution in [3.8, 4) is 0 Å². The Bertz CT molecular complexity index is 159. The van der Waals surface area contributed by atoms with E-state index < -0.39 is 0 Å². The number of rotatable bonds is 3. The lowest BCUT2D eigenvalue weighted by atomic mass is 9.97. The highest BCUT2D eigenvalue weighted by Gasteiger charge is 2.24. The van der Waals surface area contributed by atoms with Crippen molar-refractivity contribution in [2.45, 2.75) is 38.3 Å². The minimum Gasteiger partial charge on any atom is -0.380 e. The maximum absolute atomic E-state index is 10.9. The smallest absolute Gasteiger partial charge is 0.131 e. The molecular formula is C9H17NO2. The Morgan fingerprint density at radius 2 is 2.42 bits per heavy atom. The summed E-state index contributed by atoms with van der Waals surface area (Å²) in [5.74, 6) is 0.233. The number of Topliss-reactive ketones (excluding diaryl/α,β-unsaturated/α-hetero) is 1. The third kappa shape index (κ3) is 2.57. The molecule has 0 aliphatic carbocycles. The molecule has 2 atom stereocenters. The summed E-state index contributed by atoms with van der Waals surface area (Å²) in [4.78, 5) is 10.9. The van der Waals surface area contributed by atoms with E-state index >= 15 is 0 Å². The lowest BCUT2D eigenvalue weighted by Gasteiger charge is -2.30. The number of hydrogen-bond donors (Lipinski definition) is 1. The molecule has 0 aromatic rings. The Morgan fingerprint density at radius 3 is 3.00 bits per heavy atom. The molecule has 1 N–H and O–H groups in total. The molecule has 0 spiro atoms. The van der Waals surface area contributed by atoms with Crippen molar-refractivity contribution in [2.75, 3.05) is 13.7 Å². The fourth-order valence-electron chi connectivity index (χ4n) is 1.72. The molecule has 3 heteroatoms. The van der Waals surface area contributed by atoms with Gasteiger partial charge in [-0.25, -0.2) is 0 Å². The molecule has 0 saturated carbocycles. The van der Waals surface area contributed by atoms with E-state index in [9.17, 15) is 4.79 Å². The van der Waals surface area contributed by atoms with Gasteiger partial charge >= 0.3 is 0 Å². The van der Waals surface area contributed by atoms with E-state index in [1.807, 2.05) is 0 Å². The number of carbonyl (C=O) groups is 1. The van der Waals surface area contributed by atoms with E-state index in [-0.39, 0.29) is 17.9 Å². The van der Waals surface area contributed by atoms with Gasteiger partial charge in [0.25, 0.3) is 0 Å². The molecule has 1 rings (SSSR count). The maximum Gasteiger partial charge on any atom is 0.131 e. The first kappa shape index (κ1) is 9.68. The van der Waals surface area contributed by atoms with Gasteiger partial charge < -0.3 is 10.1 Å². The molecule has 12 heavy (non-hydrogen) atoms. The highest BCUT2D eigenvalue weighted by Crippen LogP contribution is 2.14. The Labute approximate surface area is 73.5 Å². The normalized spacial score (nSPS) is 30.2. The minimum atomic E-state index is 0.225. The topological polar surface area (TPSA) is 38.3 Å². The van der Waals surface area contributed by atoms with Gasteiger partial charge in [0.15, 0.2) is 0 Å². The van der Waals surface area contributed by atoms with Gasteiger partial charge in [0.2, 0.25) is 0 Å². The standard InChI is InChI=1S/C9H17NO2/c1-7(11)6-8-9(12-2)4-3-5-10-8/h8-10H,3-6H2,1-2H3. The first-order valence-corrected chi connectivity index (χ1v) is 4.49. The monoisotopic (exact) mass is 171 g/mol. The number of carbonyl (C=O) groups excluding carboxylic acids is 1. The number of hydrogen-bond acceptors (Lipinski definition) is 3. The van der Waals surface area contributed by atoms with Gasteiger partial charge in [-0.2, -0.15) is 0 Å². The molecule has 1 saturated heterocycles. The van der Waals surface area contributed by atoms with E-state index in [0.717, 1.165) is 19.4 Å². The molecule has 1 aliphatic rings. The number of ketones is 1. The average molecular weight is 171 g/mol. The number of nitrogens with one attached hydrogen (secondary N) is 1. The Balaban J connectivity index is 2.41. The molecule has 0 bridgehead atoms. The van der Waals surface area contributed by atoms with Crippen LogP contribution in [0.3, 0.4) is 0 Å². The molecule has 3 nitrogen and oxygen atoms in total. The molecule has 0 radical (unpaired) electrons. The van der Waals surface area contributed by atoms with Crippen LogP contribution in [0.25, 0.3) is 0 Å². The zero-order valence-electron chi connectivity index (χ0n) is 7.80. The molecular weight excluding hydrogens is 154 g/mol. The van der Waals surface area contributed by atoms with Crippen molar-refractivity contribution in [3.63, 3.8) is 0 Å². The Kier molecular flexibility index (Phi) is 3.69. The predicted octanol–water partition coefficient (Wildman–Crippen LogP) is 0.732. The van der Waals surface area contributed by atoms with Crippen LogP contribution in [0.2, 0.25) is 0 Å². The van der Waals surface area contributed by atoms with Crippen molar-refractivity contribution in [1.82, 2.24) is 5.32 Å². The SMILES string of the molecule is COC1CCCNC1CC(C)=O. The van der Waals surface area contributed by atoms with Crippen molar-refractivity contribution >= 4 is 5.78 Å².